The third kappa shape index (κ3) is 2.60. The fourth-order valence-corrected chi connectivity index (χ4v) is 2.31. The van der Waals surface area contributed by atoms with Gasteiger partial charge in [0.1, 0.15) is 5.15 Å². The highest BCUT2D eigenvalue weighted by molar-refractivity contribution is 6.29. The van der Waals surface area contributed by atoms with Crippen LogP contribution < -0.4 is 5.32 Å². The zero-order chi connectivity index (χ0) is 15.0. The summed E-state index contributed by atoms with van der Waals surface area (Å²) in [6, 6.07) is 7.06. The van der Waals surface area contributed by atoms with E-state index in [1.807, 2.05) is 26.0 Å². The average molecular weight is 301 g/mol. The highest BCUT2D eigenvalue weighted by Crippen LogP contribution is 2.22. The van der Waals surface area contributed by atoms with Crippen LogP contribution in [0.25, 0.3) is 10.9 Å². The molecule has 2 heterocycles. The number of aromatic nitrogens is 3. The molecule has 2 N–H and O–H groups in total. The first kappa shape index (κ1) is 13.6. The van der Waals surface area contributed by atoms with Crippen LogP contribution in [-0.2, 0) is 0 Å². The van der Waals surface area contributed by atoms with Crippen LogP contribution in [0.1, 0.15) is 21.6 Å². The molecule has 21 heavy (non-hydrogen) atoms. The summed E-state index contributed by atoms with van der Waals surface area (Å²) < 4.78 is 0. The van der Waals surface area contributed by atoms with E-state index in [1.165, 1.54) is 6.20 Å². The molecule has 0 fully saturated rings. The first-order valence-corrected chi connectivity index (χ1v) is 6.81. The fraction of sp³-hybridized carbons (Fsp3) is 0.133. The molecule has 0 aliphatic rings. The van der Waals surface area contributed by atoms with E-state index < -0.39 is 0 Å². The molecule has 0 saturated heterocycles. The second-order valence-electron chi connectivity index (χ2n) is 4.79. The Morgan fingerprint density at radius 2 is 2.10 bits per heavy atom. The van der Waals surface area contributed by atoms with Crippen molar-refractivity contribution in [3.63, 3.8) is 0 Å². The predicted octanol–water partition coefficient (Wildman–Crippen LogP) is 3.48. The first-order chi connectivity index (χ1) is 10.0. The Kier molecular flexibility index (Phi) is 3.35. The van der Waals surface area contributed by atoms with Crippen LogP contribution in [0.3, 0.4) is 0 Å². The Hall–Kier alpha value is -2.40. The Morgan fingerprint density at radius 3 is 2.86 bits per heavy atom. The van der Waals surface area contributed by atoms with Gasteiger partial charge in [0.2, 0.25) is 5.95 Å². The topological polar surface area (TPSA) is 70.7 Å². The smallest absolute Gasteiger partial charge is 0.258 e. The van der Waals surface area contributed by atoms with Crippen molar-refractivity contribution in [2.75, 3.05) is 5.32 Å². The predicted molar refractivity (Wildman–Crippen MR) is 82.8 cm³/mol. The zero-order valence-corrected chi connectivity index (χ0v) is 12.3. The number of nitrogens with zero attached hydrogens (tertiary/aromatic N) is 2. The number of amides is 1. The van der Waals surface area contributed by atoms with Crippen molar-refractivity contribution in [3.05, 3.63) is 52.4 Å². The Morgan fingerprint density at radius 1 is 1.29 bits per heavy atom. The molecular formula is C15H13ClN4O. The van der Waals surface area contributed by atoms with Gasteiger partial charge < -0.3 is 4.98 Å². The molecule has 2 aromatic heterocycles. The number of aryl methyl sites for hydroxylation is 2. The van der Waals surface area contributed by atoms with Crippen LogP contribution in [0, 0.1) is 13.8 Å². The summed E-state index contributed by atoms with van der Waals surface area (Å²) >= 11 is 5.77. The van der Waals surface area contributed by atoms with Crippen molar-refractivity contribution in [3.8, 4) is 0 Å². The SMILES string of the molecule is Cc1[nH]c2ccc(C(=O)Nc3nccc(Cl)n3)cc2c1C. The molecule has 1 aromatic carbocycles. The number of carbonyl (C=O) groups excluding carboxylic acids is 1. The first-order valence-electron chi connectivity index (χ1n) is 6.43. The minimum absolute atomic E-state index is 0.189. The van der Waals surface area contributed by atoms with Gasteiger partial charge in [0, 0.05) is 28.4 Å². The monoisotopic (exact) mass is 300 g/mol. The van der Waals surface area contributed by atoms with Crippen molar-refractivity contribution < 1.29 is 4.79 Å². The quantitative estimate of drug-likeness (QED) is 0.712. The van der Waals surface area contributed by atoms with Gasteiger partial charge in [-0.25, -0.2) is 9.97 Å². The Balaban J connectivity index is 1.92. The van der Waals surface area contributed by atoms with Crippen molar-refractivity contribution in [1.29, 1.82) is 0 Å². The number of halogens is 1. The highest BCUT2D eigenvalue weighted by Gasteiger charge is 2.11. The van der Waals surface area contributed by atoms with E-state index in [2.05, 4.69) is 20.3 Å². The van der Waals surface area contributed by atoms with E-state index in [4.69, 9.17) is 11.6 Å². The number of fused-ring (bicyclic) bond motifs is 1. The number of H-pyrrole nitrogens is 1. The number of rotatable bonds is 2. The second kappa shape index (κ2) is 5.18. The normalized spacial score (nSPS) is 10.8. The van der Waals surface area contributed by atoms with E-state index in [-0.39, 0.29) is 17.0 Å². The molecule has 0 aliphatic carbocycles. The maximum Gasteiger partial charge on any atom is 0.258 e. The molecule has 0 atom stereocenters. The number of nitrogens with one attached hydrogen (secondary N) is 2. The number of hydrogen-bond donors (Lipinski definition) is 2. The summed E-state index contributed by atoms with van der Waals surface area (Å²) in [4.78, 5) is 23.4. The number of aromatic amines is 1. The van der Waals surface area contributed by atoms with Crippen LogP contribution in [0.15, 0.2) is 30.5 Å². The van der Waals surface area contributed by atoms with Gasteiger partial charge in [-0.15, -0.1) is 0 Å². The van der Waals surface area contributed by atoms with Crippen molar-refractivity contribution in [1.82, 2.24) is 15.0 Å². The van der Waals surface area contributed by atoms with Gasteiger partial charge in [0.25, 0.3) is 5.91 Å². The van der Waals surface area contributed by atoms with E-state index in [1.54, 1.807) is 12.1 Å². The molecule has 0 spiro atoms. The lowest BCUT2D eigenvalue weighted by molar-refractivity contribution is 0.102. The lowest BCUT2D eigenvalue weighted by Gasteiger charge is -2.04. The molecule has 3 aromatic rings. The van der Waals surface area contributed by atoms with E-state index in [9.17, 15) is 4.79 Å². The summed E-state index contributed by atoms with van der Waals surface area (Å²) in [5.74, 6) is -0.0769. The summed E-state index contributed by atoms with van der Waals surface area (Å²) in [6.07, 6.45) is 1.49. The van der Waals surface area contributed by atoms with Crippen LogP contribution in [0.2, 0.25) is 5.15 Å². The number of benzene rings is 1. The standard InChI is InChI=1S/C15H13ClN4O/c1-8-9(2)18-12-4-3-10(7-11(8)12)14(21)20-15-17-6-5-13(16)19-15/h3-7,18H,1-2H3,(H,17,19,20,21). The van der Waals surface area contributed by atoms with Crippen LogP contribution in [0.4, 0.5) is 5.95 Å². The van der Waals surface area contributed by atoms with Crippen molar-refractivity contribution in [2.24, 2.45) is 0 Å². The average Bonchev–Trinajstić information content (AvgIpc) is 2.74. The third-order valence-electron chi connectivity index (χ3n) is 3.42. The molecule has 0 aliphatic heterocycles. The van der Waals surface area contributed by atoms with Gasteiger partial charge in [-0.2, -0.15) is 0 Å². The minimum Gasteiger partial charge on any atom is -0.358 e. The molecule has 6 heteroatoms. The van der Waals surface area contributed by atoms with Gasteiger partial charge in [-0.3, -0.25) is 10.1 Å². The lowest BCUT2D eigenvalue weighted by Crippen LogP contribution is -2.14. The van der Waals surface area contributed by atoms with Crippen molar-refractivity contribution in [2.45, 2.75) is 13.8 Å². The molecule has 0 radical (unpaired) electrons. The number of anilines is 1. The molecule has 106 valence electrons. The molecule has 0 bridgehead atoms. The summed E-state index contributed by atoms with van der Waals surface area (Å²) in [6.45, 7) is 4.03. The summed E-state index contributed by atoms with van der Waals surface area (Å²) in [7, 11) is 0. The van der Waals surface area contributed by atoms with Crippen LogP contribution in [-0.4, -0.2) is 20.9 Å². The van der Waals surface area contributed by atoms with E-state index in [0.29, 0.717) is 5.56 Å². The second-order valence-corrected chi connectivity index (χ2v) is 5.18. The molecular weight excluding hydrogens is 288 g/mol. The molecule has 0 saturated carbocycles. The summed E-state index contributed by atoms with van der Waals surface area (Å²) in [5, 5.41) is 3.95. The molecule has 5 nitrogen and oxygen atoms in total. The highest BCUT2D eigenvalue weighted by atomic mass is 35.5. The fourth-order valence-electron chi connectivity index (χ4n) is 2.17. The molecule has 1 amide bonds. The van der Waals surface area contributed by atoms with Crippen LogP contribution >= 0.6 is 11.6 Å². The lowest BCUT2D eigenvalue weighted by atomic mass is 10.1. The Labute approximate surface area is 126 Å². The van der Waals surface area contributed by atoms with Gasteiger partial charge >= 0.3 is 0 Å². The van der Waals surface area contributed by atoms with E-state index in [0.717, 1.165) is 22.2 Å². The number of hydrogen-bond acceptors (Lipinski definition) is 3. The van der Waals surface area contributed by atoms with Crippen molar-refractivity contribution >= 4 is 34.4 Å². The maximum absolute atomic E-state index is 12.2. The van der Waals surface area contributed by atoms with Gasteiger partial charge in [0.05, 0.1) is 0 Å². The zero-order valence-electron chi connectivity index (χ0n) is 11.6. The van der Waals surface area contributed by atoms with Gasteiger partial charge in [-0.05, 0) is 43.7 Å². The van der Waals surface area contributed by atoms with Gasteiger partial charge in [-0.1, -0.05) is 11.6 Å². The summed E-state index contributed by atoms with van der Waals surface area (Å²) in [5.41, 5.74) is 3.80. The third-order valence-corrected chi connectivity index (χ3v) is 3.63. The maximum atomic E-state index is 12.2. The minimum atomic E-state index is -0.266. The van der Waals surface area contributed by atoms with E-state index >= 15 is 0 Å². The molecule has 3 rings (SSSR count). The Bertz CT molecular complexity index is 841. The van der Waals surface area contributed by atoms with Gasteiger partial charge in [0.15, 0.2) is 0 Å². The number of carbonyl (C=O) groups is 1. The molecule has 0 unspecified atom stereocenters. The van der Waals surface area contributed by atoms with Crippen LogP contribution in [0.5, 0.6) is 0 Å². The largest absolute Gasteiger partial charge is 0.358 e.